The zero-order valence-electron chi connectivity index (χ0n) is 35.4. The molecule has 0 atom stereocenters. The number of thiophene rings is 1. The molecule has 0 bridgehead atoms. The van der Waals surface area contributed by atoms with E-state index in [1.807, 2.05) is 12.3 Å². The van der Waals surface area contributed by atoms with Crippen LogP contribution in [-0.4, -0.2) is 19.6 Å². The average Bonchev–Trinajstić information content (AvgIpc) is 3.85. The van der Waals surface area contributed by atoms with Gasteiger partial charge in [0.05, 0.1) is 28.0 Å². The Bertz CT molecular complexity index is 3260. The van der Waals surface area contributed by atoms with Crippen molar-refractivity contribution < 1.29 is 5.11 Å². The van der Waals surface area contributed by atoms with Crippen LogP contribution in [0.1, 0.15) is 52.7 Å². The van der Waals surface area contributed by atoms with Gasteiger partial charge >= 0.3 is 0 Å². The first-order valence-corrected chi connectivity index (χ1v) is 21.8. The Kier molecular flexibility index (Phi) is 9.26. The van der Waals surface area contributed by atoms with E-state index in [2.05, 4.69) is 204 Å². The Morgan fingerprint density at radius 3 is 1.80 bits per heavy atom. The van der Waals surface area contributed by atoms with Crippen molar-refractivity contribution in [2.75, 3.05) is 0 Å². The average molecular weight is 810 g/mol. The Hall–Kier alpha value is -6.82. The van der Waals surface area contributed by atoms with Gasteiger partial charge in [0.15, 0.2) is 0 Å². The predicted molar refractivity (Wildman–Crippen MR) is 258 cm³/mol. The Morgan fingerprint density at radius 1 is 0.525 bits per heavy atom. The van der Waals surface area contributed by atoms with E-state index in [1.165, 1.54) is 4.70 Å². The SMILES string of the molecule is CC(C)(C)c1cc(-c2nc3c4c(ccc3n2-c2ccc(-c3ccccc3)cc2-c2ccccc2)sc2ccc(-c3cc(-c5ccccc5)ccn3)cc24)c(O)c(C(C)(C)C)c1. The van der Waals surface area contributed by atoms with Crippen molar-refractivity contribution in [1.82, 2.24) is 14.5 Å². The van der Waals surface area contributed by atoms with Crippen molar-refractivity contribution in [3.8, 4) is 67.5 Å². The van der Waals surface area contributed by atoms with Gasteiger partial charge in [-0.3, -0.25) is 9.55 Å². The molecule has 3 heterocycles. The fraction of sp³-hybridized carbons (Fsp3) is 0.143. The fourth-order valence-electron chi connectivity index (χ4n) is 8.59. The number of rotatable bonds is 6. The summed E-state index contributed by atoms with van der Waals surface area (Å²) in [6.07, 6.45) is 1.90. The maximum atomic E-state index is 12.5. The van der Waals surface area contributed by atoms with Crippen LogP contribution in [0.3, 0.4) is 0 Å². The van der Waals surface area contributed by atoms with Gasteiger partial charge in [-0.05, 0) is 98.8 Å². The molecule has 5 heteroatoms. The zero-order valence-corrected chi connectivity index (χ0v) is 36.2. The molecule has 10 rings (SSSR count). The lowest BCUT2D eigenvalue weighted by atomic mass is 9.79. The standard InChI is InChI=1S/C56H47N3OS/c1-55(2,3)41-33-44(53(60)45(34-41)56(4,5)6)54-58-52-48(59(54)47-24-22-38(35-16-10-7-11-17-35)30-42(47)37-20-14-9-15-21-37)25-27-50-51(52)43-31-40(23-26-49(43)61-50)46-32-39(28-29-57-46)36-18-12-8-13-19-36/h7-34,60H,1-6H3. The molecule has 3 aromatic heterocycles. The largest absolute Gasteiger partial charge is 0.507 e. The van der Waals surface area contributed by atoms with Crippen LogP contribution in [0.5, 0.6) is 5.75 Å². The second-order valence-corrected chi connectivity index (χ2v) is 19.2. The molecule has 0 aliphatic carbocycles. The summed E-state index contributed by atoms with van der Waals surface area (Å²) < 4.78 is 4.64. The third-order valence-corrected chi connectivity index (χ3v) is 13.0. The maximum Gasteiger partial charge on any atom is 0.149 e. The number of benzene rings is 7. The molecular formula is C56H47N3OS. The van der Waals surface area contributed by atoms with E-state index >= 15 is 0 Å². The van der Waals surface area contributed by atoms with Crippen LogP contribution in [0.25, 0.3) is 92.9 Å². The van der Waals surface area contributed by atoms with E-state index in [0.29, 0.717) is 5.82 Å². The second-order valence-electron chi connectivity index (χ2n) is 18.1. The number of phenols is 1. The van der Waals surface area contributed by atoms with E-state index < -0.39 is 0 Å². The summed E-state index contributed by atoms with van der Waals surface area (Å²) in [7, 11) is 0. The van der Waals surface area contributed by atoms with Crippen LogP contribution in [0.15, 0.2) is 170 Å². The lowest BCUT2D eigenvalue weighted by Gasteiger charge is -2.27. The minimum absolute atomic E-state index is 0.176. The van der Waals surface area contributed by atoms with Crippen molar-refractivity contribution >= 4 is 42.5 Å². The Labute approximate surface area is 361 Å². The first kappa shape index (κ1) is 38.4. The number of phenolic OH excluding ortho intramolecular Hbond substituents is 1. The summed E-state index contributed by atoms with van der Waals surface area (Å²) >= 11 is 1.78. The third kappa shape index (κ3) is 6.89. The highest BCUT2D eigenvalue weighted by molar-refractivity contribution is 7.26. The van der Waals surface area contributed by atoms with Gasteiger partial charge in [-0.1, -0.05) is 151 Å². The maximum absolute atomic E-state index is 12.5. The fourth-order valence-corrected chi connectivity index (χ4v) is 9.67. The molecular weight excluding hydrogens is 763 g/mol. The number of hydrogen-bond acceptors (Lipinski definition) is 4. The molecule has 0 fully saturated rings. The smallest absolute Gasteiger partial charge is 0.149 e. The number of pyridine rings is 1. The molecule has 0 spiro atoms. The molecule has 0 aliphatic rings. The van der Waals surface area contributed by atoms with Gasteiger partial charge < -0.3 is 5.11 Å². The highest BCUT2D eigenvalue weighted by Crippen LogP contribution is 2.47. The van der Waals surface area contributed by atoms with Gasteiger partial charge in [-0.2, -0.15) is 0 Å². The molecule has 7 aromatic carbocycles. The van der Waals surface area contributed by atoms with Gasteiger partial charge in [0.2, 0.25) is 0 Å². The summed E-state index contributed by atoms with van der Waals surface area (Å²) in [6.45, 7) is 13.2. The normalized spacial score (nSPS) is 12.2. The number of imidazole rings is 1. The number of hydrogen-bond donors (Lipinski definition) is 1. The highest BCUT2D eigenvalue weighted by Gasteiger charge is 2.29. The number of fused-ring (bicyclic) bond motifs is 5. The van der Waals surface area contributed by atoms with Crippen molar-refractivity contribution in [2.24, 2.45) is 0 Å². The first-order valence-electron chi connectivity index (χ1n) is 21.0. The molecule has 298 valence electrons. The Balaban J connectivity index is 1.29. The molecule has 0 amide bonds. The molecule has 61 heavy (non-hydrogen) atoms. The summed E-state index contributed by atoms with van der Waals surface area (Å²) in [5.74, 6) is 0.964. The number of aromatic hydroxyl groups is 1. The molecule has 0 unspecified atom stereocenters. The molecule has 1 N–H and O–H groups in total. The number of aromatic nitrogens is 3. The van der Waals surface area contributed by atoms with Crippen LogP contribution in [0.2, 0.25) is 0 Å². The first-order chi connectivity index (χ1) is 29.4. The topological polar surface area (TPSA) is 50.9 Å². The van der Waals surface area contributed by atoms with Gasteiger partial charge in [0.25, 0.3) is 0 Å². The summed E-state index contributed by atoms with van der Waals surface area (Å²) in [5, 5.41) is 14.7. The molecule has 4 nitrogen and oxygen atoms in total. The van der Waals surface area contributed by atoms with Crippen molar-refractivity contribution in [3.05, 3.63) is 181 Å². The van der Waals surface area contributed by atoms with E-state index in [1.54, 1.807) is 11.3 Å². The van der Waals surface area contributed by atoms with E-state index in [9.17, 15) is 5.11 Å². The van der Waals surface area contributed by atoms with Gasteiger partial charge in [-0.25, -0.2) is 4.98 Å². The summed E-state index contributed by atoms with van der Waals surface area (Å²) in [6, 6.07) is 58.1. The molecule has 0 saturated carbocycles. The second kappa shape index (κ2) is 14.7. The molecule has 0 aliphatic heterocycles. The minimum atomic E-state index is -0.317. The Morgan fingerprint density at radius 2 is 1.15 bits per heavy atom. The van der Waals surface area contributed by atoms with Crippen molar-refractivity contribution in [3.63, 3.8) is 0 Å². The monoisotopic (exact) mass is 809 g/mol. The van der Waals surface area contributed by atoms with Crippen LogP contribution in [-0.2, 0) is 10.8 Å². The van der Waals surface area contributed by atoms with Gasteiger partial charge in [0, 0.05) is 43.1 Å². The van der Waals surface area contributed by atoms with Crippen LogP contribution in [0.4, 0.5) is 0 Å². The van der Waals surface area contributed by atoms with Crippen LogP contribution < -0.4 is 0 Å². The lowest BCUT2D eigenvalue weighted by Crippen LogP contribution is -2.17. The van der Waals surface area contributed by atoms with Crippen LogP contribution in [0, 0.1) is 0 Å². The zero-order chi connectivity index (χ0) is 42.0. The van der Waals surface area contributed by atoms with E-state index in [0.717, 1.165) is 93.5 Å². The van der Waals surface area contributed by atoms with Crippen molar-refractivity contribution in [1.29, 1.82) is 0 Å². The predicted octanol–water partition coefficient (Wildman–Crippen LogP) is 15.4. The van der Waals surface area contributed by atoms with E-state index in [4.69, 9.17) is 9.97 Å². The van der Waals surface area contributed by atoms with Crippen LogP contribution >= 0.6 is 11.3 Å². The molecule has 10 aromatic rings. The van der Waals surface area contributed by atoms with E-state index in [-0.39, 0.29) is 16.6 Å². The minimum Gasteiger partial charge on any atom is -0.507 e. The van der Waals surface area contributed by atoms with Crippen molar-refractivity contribution in [2.45, 2.75) is 52.4 Å². The molecule has 0 radical (unpaired) electrons. The molecule has 0 saturated heterocycles. The quantitative estimate of drug-likeness (QED) is 0.182. The highest BCUT2D eigenvalue weighted by atomic mass is 32.1. The summed E-state index contributed by atoms with van der Waals surface area (Å²) in [5.41, 5.74) is 13.8. The lowest BCUT2D eigenvalue weighted by molar-refractivity contribution is 0.446. The van der Waals surface area contributed by atoms with Gasteiger partial charge in [-0.15, -0.1) is 11.3 Å². The number of nitrogens with zero attached hydrogens (tertiary/aromatic N) is 3. The third-order valence-electron chi connectivity index (χ3n) is 11.9. The van der Waals surface area contributed by atoms with Gasteiger partial charge in [0.1, 0.15) is 11.6 Å². The summed E-state index contributed by atoms with van der Waals surface area (Å²) in [4.78, 5) is 10.5.